The van der Waals surface area contributed by atoms with Crippen LogP contribution in [0.2, 0.25) is 0 Å². The molecule has 0 atom stereocenters. The Labute approximate surface area is 169 Å². The predicted molar refractivity (Wildman–Crippen MR) is 108 cm³/mol. The number of carbonyl (C=O) groups is 1. The molecule has 4 rings (SSSR count). The van der Waals surface area contributed by atoms with E-state index in [0.29, 0.717) is 27.5 Å². The van der Waals surface area contributed by atoms with Gasteiger partial charge in [0.05, 0.1) is 11.3 Å². The third-order valence-electron chi connectivity index (χ3n) is 4.48. The van der Waals surface area contributed by atoms with Crippen molar-refractivity contribution in [2.24, 2.45) is 0 Å². The number of nitrogens with one attached hydrogen (secondary N) is 1. The van der Waals surface area contributed by atoms with E-state index in [0.717, 1.165) is 0 Å². The van der Waals surface area contributed by atoms with Gasteiger partial charge in [-0.3, -0.25) is 4.79 Å². The number of rotatable bonds is 4. The zero-order valence-electron chi connectivity index (χ0n) is 15.6. The molecule has 0 aliphatic rings. The third-order valence-corrected chi connectivity index (χ3v) is 5.24. The van der Waals surface area contributed by atoms with Gasteiger partial charge in [-0.2, -0.15) is 5.10 Å². The molecule has 2 aromatic heterocycles. The summed E-state index contributed by atoms with van der Waals surface area (Å²) in [6, 6.07) is 8.74. The summed E-state index contributed by atoms with van der Waals surface area (Å²) in [4.78, 5) is 16.6. The number of hydrogen-bond donors (Lipinski definition) is 1. The van der Waals surface area contributed by atoms with Crippen LogP contribution in [0.25, 0.3) is 16.3 Å². The summed E-state index contributed by atoms with van der Waals surface area (Å²) in [5.74, 6) is -1.76. The molecule has 0 spiro atoms. The SMILES string of the molecule is Cc1cccc(F)c1C(=O)Nc1ccc(-c2cn(-c3nccs3)nc2C)c(F)c1. The fourth-order valence-corrected chi connectivity index (χ4v) is 3.64. The molecule has 146 valence electrons. The van der Waals surface area contributed by atoms with Gasteiger partial charge in [-0.15, -0.1) is 11.3 Å². The molecular formula is C21H16F2N4OS. The Balaban J connectivity index is 1.61. The van der Waals surface area contributed by atoms with E-state index in [-0.39, 0.29) is 11.3 Å². The van der Waals surface area contributed by atoms with Crippen LogP contribution in [0, 0.1) is 25.5 Å². The molecule has 2 aromatic carbocycles. The molecular weight excluding hydrogens is 394 g/mol. The molecule has 0 unspecified atom stereocenters. The highest BCUT2D eigenvalue weighted by atomic mass is 32.1. The largest absolute Gasteiger partial charge is 0.322 e. The number of thiazole rings is 1. The molecule has 29 heavy (non-hydrogen) atoms. The Kier molecular flexibility index (Phi) is 4.94. The van der Waals surface area contributed by atoms with Gasteiger partial charge in [-0.05, 0) is 43.7 Å². The molecule has 8 heteroatoms. The summed E-state index contributed by atoms with van der Waals surface area (Å²) >= 11 is 1.42. The van der Waals surface area contributed by atoms with Crippen molar-refractivity contribution >= 4 is 22.9 Å². The van der Waals surface area contributed by atoms with Crippen molar-refractivity contribution in [2.45, 2.75) is 13.8 Å². The number of halogens is 2. The van der Waals surface area contributed by atoms with Crippen molar-refractivity contribution in [2.75, 3.05) is 5.32 Å². The molecule has 4 aromatic rings. The fourth-order valence-electron chi connectivity index (χ4n) is 3.08. The highest BCUT2D eigenvalue weighted by Gasteiger charge is 2.17. The van der Waals surface area contributed by atoms with Crippen molar-refractivity contribution in [1.82, 2.24) is 14.8 Å². The van der Waals surface area contributed by atoms with E-state index in [1.54, 1.807) is 49.1 Å². The van der Waals surface area contributed by atoms with Crippen molar-refractivity contribution in [3.63, 3.8) is 0 Å². The molecule has 1 N–H and O–H groups in total. The molecule has 0 aliphatic heterocycles. The van der Waals surface area contributed by atoms with Crippen molar-refractivity contribution < 1.29 is 13.6 Å². The van der Waals surface area contributed by atoms with Gasteiger partial charge in [-0.25, -0.2) is 18.4 Å². The maximum atomic E-state index is 14.8. The second kappa shape index (κ2) is 7.56. The number of aromatic nitrogens is 3. The highest BCUT2D eigenvalue weighted by molar-refractivity contribution is 7.12. The standard InChI is InChI=1S/C21H16F2N4OS/c1-12-4-3-5-17(22)19(12)20(28)25-14-6-7-15(18(23)10-14)16-11-27(26-13(16)2)21-24-8-9-29-21/h3-11H,1-2H3,(H,25,28). The van der Waals surface area contributed by atoms with E-state index in [4.69, 9.17) is 0 Å². The number of benzene rings is 2. The maximum absolute atomic E-state index is 14.8. The van der Waals surface area contributed by atoms with Crippen LogP contribution in [0.1, 0.15) is 21.6 Å². The molecule has 0 saturated carbocycles. The number of carbonyl (C=O) groups excluding carboxylic acids is 1. The summed E-state index contributed by atoms with van der Waals surface area (Å²) in [6.45, 7) is 3.43. The Morgan fingerprint density at radius 2 is 1.93 bits per heavy atom. The van der Waals surface area contributed by atoms with Crippen LogP contribution in [-0.2, 0) is 0 Å². The quantitative estimate of drug-likeness (QED) is 0.507. The highest BCUT2D eigenvalue weighted by Crippen LogP contribution is 2.29. The number of amides is 1. The summed E-state index contributed by atoms with van der Waals surface area (Å²) < 4.78 is 30.4. The first-order chi connectivity index (χ1) is 13.9. The van der Waals surface area contributed by atoms with Gasteiger partial charge in [0.15, 0.2) is 0 Å². The van der Waals surface area contributed by atoms with Crippen LogP contribution in [0.3, 0.4) is 0 Å². The van der Waals surface area contributed by atoms with Crippen molar-refractivity contribution in [3.05, 3.63) is 82.6 Å². The molecule has 0 radical (unpaired) electrons. The van der Waals surface area contributed by atoms with Crippen LogP contribution in [0.4, 0.5) is 14.5 Å². The van der Waals surface area contributed by atoms with E-state index >= 15 is 0 Å². The van der Waals surface area contributed by atoms with E-state index in [9.17, 15) is 13.6 Å². The topological polar surface area (TPSA) is 59.8 Å². The van der Waals surface area contributed by atoms with E-state index in [1.807, 2.05) is 5.38 Å². The minimum atomic E-state index is -0.625. The summed E-state index contributed by atoms with van der Waals surface area (Å²) in [7, 11) is 0. The van der Waals surface area contributed by atoms with Gasteiger partial charge in [0.2, 0.25) is 5.13 Å². The molecule has 0 aliphatic carbocycles. The van der Waals surface area contributed by atoms with Gasteiger partial charge in [0, 0.05) is 34.6 Å². The van der Waals surface area contributed by atoms with Gasteiger partial charge >= 0.3 is 0 Å². The normalized spacial score (nSPS) is 10.9. The van der Waals surface area contributed by atoms with Gasteiger partial charge in [0.1, 0.15) is 11.6 Å². The Morgan fingerprint density at radius 1 is 1.10 bits per heavy atom. The lowest BCUT2D eigenvalue weighted by atomic mass is 10.0. The van der Waals surface area contributed by atoms with Crippen LogP contribution in [0.5, 0.6) is 0 Å². The first-order valence-electron chi connectivity index (χ1n) is 8.76. The van der Waals surface area contributed by atoms with Crippen LogP contribution < -0.4 is 5.32 Å². The van der Waals surface area contributed by atoms with Gasteiger partial charge in [-0.1, -0.05) is 12.1 Å². The average Bonchev–Trinajstić information content (AvgIpc) is 3.31. The maximum Gasteiger partial charge on any atom is 0.258 e. The molecule has 5 nitrogen and oxygen atoms in total. The molecule has 2 heterocycles. The van der Waals surface area contributed by atoms with Crippen LogP contribution in [-0.4, -0.2) is 20.7 Å². The van der Waals surface area contributed by atoms with E-state index in [2.05, 4.69) is 15.4 Å². The first-order valence-corrected chi connectivity index (χ1v) is 9.64. The molecule has 1 amide bonds. The molecule has 0 fully saturated rings. The Morgan fingerprint density at radius 3 is 2.62 bits per heavy atom. The van der Waals surface area contributed by atoms with Crippen LogP contribution >= 0.6 is 11.3 Å². The monoisotopic (exact) mass is 410 g/mol. The van der Waals surface area contributed by atoms with Gasteiger partial charge in [0.25, 0.3) is 5.91 Å². The average molecular weight is 410 g/mol. The minimum absolute atomic E-state index is 0.0578. The fraction of sp³-hybridized carbons (Fsp3) is 0.0952. The Hall–Kier alpha value is -3.39. The number of aryl methyl sites for hydroxylation is 2. The van der Waals surface area contributed by atoms with Crippen molar-refractivity contribution in [3.8, 4) is 16.3 Å². The zero-order valence-corrected chi connectivity index (χ0v) is 16.4. The lowest BCUT2D eigenvalue weighted by molar-refractivity contribution is 0.102. The molecule has 0 bridgehead atoms. The first kappa shape index (κ1) is 18.9. The third kappa shape index (κ3) is 3.66. The number of anilines is 1. The van der Waals surface area contributed by atoms with E-state index < -0.39 is 17.5 Å². The van der Waals surface area contributed by atoms with Gasteiger partial charge < -0.3 is 5.32 Å². The van der Waals surface area contributed by atoms with Crippen molar-refractivity contribution in [1.29, 1.82) is 0 Å². The zero-order chi connectivity index (χ0) is 20.5. The number of nitrogens with zero attached hydrogens (tertiary/aromatic N) is 3. The van der Waals surface area contributed by atoms with Crippen LogP contribution in [0.15, 0.2) is 54.2 Å². The lowest BCUT2D eigenvalue weighted by Crippen LogP contribution is -2.15. The second-order valence-corrected chi connectivity index (χ2v) is 7.34. The predicted octanol–water partition coefficient (Wildman–Crippen LogP) is 5.14. The summed E-state index contributed by atoms with van der Waals surface area (Å²) in [5, 5.41) is 9.46. The smallest absolute Gasteiger partial charge is 0.258 e. The minimum Gasteiger partial charge on any atom is -0.322 e. The lowest BCUT2D eigenvalue weighted by Gasteiger charge is -2.10. The molecule has 0 saturated heterocycles. The van der Waals surface area contributed by atoms with E-state index in [1.165, 1.54) is 29.5 Å². The number of hydrogen-bond acceptors (Lipinski definition) is 4. The summed E-state index contributed by atoms with van der Waals surface area (Å²) in [5.41, 5.74) is 2.31. The summed E-state index contributed by atoms with van der Waals surface area (Å²) in [6.07, 6.45) is 3.39. The second-order valence-electron chi connectivity index (χ2n) is 6.47. The Bertz CT molecular complexity index is 1180.